The number of hydrogen-bond donors (Lipinski definition) is 1. The van der Waals surface area contributed by atoms with Crippen molar-refractivity contribution in [2.24, 2.45) is 0 Å². The SMILES string of the molecule is CS(=O)(=O)N(CC(=O)NC[C@H]1COc2ccccc2O1)c1ccc2c(c1)OCO2. The van der Waals surface area contributed by atoms with Crippen LogP contribution in [0.5, 0.6) is 23.0 Å². The molecule has 2 aromatic carbocycles. The molecule has 1 N–H and O–H groups in total. The van der Waals surface area contributed by atoms with Gasteiger partial charge in [-0.05, 0) is 24.3 Å². The number of para-hydroxylation sites is 2. The summed E-state index contributed by atoms with van der Waals surface area (Å²) >= 11 is 0. The molecule has 29 heavy (non-hydrogen) atoms. The number of sulfonamides is 1. The number of ether oxygens (including phenoxy) is 4. The van der Waals surface area contributed by atoms with Gasteiger partial charge in [-0.3, -0.25) is 9.10 Å². The smallest absolute Gasteiger partial charge is 0.240 e. The normalized spacial score (nSPS) is 16.9. The number of anilines is 1. The standard InChI is InChI=1S/C19H20N2O7S/c1-29(23,24)21(13-6-7-16-18(8-13)27-12-26-16)10-19(22)20-9-14-11-25-15-4-2-3-5-17(15)28-14/h2-8,14H,9-12H2,1H3,(H,20,22)/t14-/m0/s1. The maximum atomic E-state index is 12.4. The van der Waals surface area contributed by atoms with Gasteiger partial charge in [0.25, 0.3) is 0 Å². The zero-order valence-corrected chi connectivity index (χ0v) is 16.5. The Balaban J connectivity index is 1.39. The van der Waals surface area contributed by atoms with Crippen molar-refractivity contribution in [1.82, 2.24) is 5.32 Å². The van der Waals surface area contributed by atoms with Gasteiger partial charge in [0.15, 0.2) is 23.0 Å². The first kappa shape index (κ1) is 19.2. The van der Waals surface area contributed by atoms with Crippen molar-refractivity contribution in [3.05, 3.63) is 42.5 Å². The highest BCUT2D eigenvalue weighted by Crippen LogP contribution is 2.36. The Kier molecular flexibility index (Phi) is 5.10. The fourth-order valence-electron chi connectivity index (χ4n) is 3.02. The average Bonchev–Trinajstić information content (AvgIpc) is 3.17. The Morgan fingerprint density at radius 2 is 1.79 bits per heavy atom. The van der Waals surface area contributed by atoms with Crippen molar-refractivity contribution in [2.45, 2.75) is 6.10 Å². The van der Waals surface area contributed by atoms with Gasteiger partial charge in [-0.1, -0.05) is 12.1 Å². The topological polar surface area (TPSA) is 103 Å². The van der Waals surface area contributed by atoms with Crippen molar-refractivity contribution in [1.29, 1.82) is 0 Å². The lowest BCUT2D eigenvalue weighted by molar-refractivity contribution is -0.120. The lowest BCUT2D eigenvalue weighted by Crippen LogP contribution is -2.45. The quantitative estimate of drug-likeness (QED) is 0.747. The summed E-state index contributed by atoms with van der Waals surface area (Å²) in [4.78, 5) is 12.4. The molecule has 2 aromatic rings. The Labute approximate surface area is 168 Å². The van der Waals surface area contributed by atoms with E-state index < -0.39 is 15.9 Å². The van der Waals surface area contributed by atoms with Crippen LogP contribution in [0.3, 0.4) is 0 Å². The van der Waals surface area contributed by atoms with Crippen molar-refractivity contribution < 1.29 is 32.2 Å². The third kappa shape index (κ3) is 4.32. The van der Waals surface area contributed by atoms with E-state index in [9.17, 15) is 13.2 Å². The first-order valence-corrected chi connectivity index (χ1v) is 10.8. The molecule has 2 heterocycles. The Hall–Kier alpha value is -3.14. The van der Waals surface area contributed by atoms with Gasteiger partial charge in [0.05, 0.1) is 18.5 Å². The number of rotatable bonds is 6. The number of amides is 1. The highest BCUT2D eigenvalue weighted by atomic mass is 32.2. The predicted octanol–water partition coefficient (Wildman–Crippen LogP) is 1.14. The molecule has 0 radical (unpaired) electrons. The molecule has 0 fully saturated rings. The largest absolute Gasteiger partial charge is 0.486 e. The van der Waals surface area contributed by atoms with Crippen LogP contribution in [0.15, 0.2) is 42.5 Å². The van der Waals surface area contributed by atoms with Gasteiger partial charge in [0.2, 0.25) is 22.7 Å². The highest BCUT2D eigenvalue weighted by molar-refractivity contribution is 7.92. The molecule has 0 unspecified atom stereocenters. The molecule has 2 aliphatic heterocycles. The average molecular weight is 420 g/mol. The monoisotopic (exact) mass is 420 g/mol. The molecule has 4 rings (SSSR count). The number of nitrogens with one attached hydrogen (secondary N) is 1. The second-order valence-electron chi connectivity index (χ2n) is 6.61. The van der Waals surface area contributed by atoms with Crippen molar-refractivity contribution in [2.75, 3.05) is 37.1 Å². The van der Waals surface area contributed by atoms with Crippen molar-refractivity contribution >= 4 is 21.6 Å². The van der Waals surface area contributed by atoms with Gasteiger partial charge in [-0.25, -0.2) is 8.42 Å². The number of carbonyl (C=O) groups excluding carboxylic acids is 1. The van der Waals surface area contributed by atoms with Crippen LogP contribution in [0.2, 0.25) is 0 Å². The fourth-order valence-corrected chi connectivity index (χ4v) is 3.87. The van der Waals surface area contributed by atoms with E-state index in [4.69, 9.17) is 18.9 Å². The van der Waals surface area contributed by atoms with Gasteiger partial charge < -0.3 is 24.3 Å². The molecule has 9 nitrogen and oxygen atoms in total. The van der Waals surface area contributed by atoms with Crippen LogP contribution in [0.1, 0.15) is 0 Å². The summed E-state index contributed by atoms with van der Waals surface area (Å²) in [7, 11) is -3.69. The molecule has 0 spiro atoms. The minimum absolute atomic E-state index is 0.0741. The second kappa shape index (κ2) is 7.70. The minimum atomic E-state index is -3.69. The molecule has 0 saturated carbocycles. The Bertz CT molecular complexity index is 1020. The van der Waals surface area contributed by atoms with Gasteiger partial charge in [-0.2, -0.15) is 0 Å². The molecule has 1 atom stereocenters. The maximum Gasteiger partial charge on any atom is 0.240 e. The summed E-state index contributed by atoms with van der Waals surface area (Å²) < 4.78 is 47.4. The molecule has 0 aliphatic carbocycles. The van der Waals surface area contributed by atoms with E-state index in [0.29, 0.717) is 28.7 Å². The zero-order valence-electron chi connectivity index (χ0n) is 15.7. The van der Waals surface area contributed by atoms with Crippen molar-refractivity contribution in [3.63, 3.8) is 0 Å². The predicted molar refractivity (Wildman–Crippen MR) is 104 cm³/mol. The molecule has 154 valence electrons. The number of fused-ring (bicyclic) bond motifs is 2. The molecule has 10 heteroatoms. The molecular weight excluding hydrogens is 400 g/mol. The van der Waals surface area contributed by atoms with Gasteiger partial charge in [0, 0.05) is 6.07 Å². The molecule has 0 aromatic heterocycles. The van der Waals surface area contributed by atoms with Crippen molar-refractivity contribution in [3.8, 4) is 23.0 Å². The lowest BCUT2D eigenvalue weighted by atomic mass is 10.2. The number of hydrogen-bond acceptors (Lipinski definition) is 7. The summed E-state index contributed by atoms with van der Waals surface area (Å²) in [5.74, 6) is 1.76. The first-order valence-electron chi connectivity index (χ1n) is 8.93. The summed E-state index contributed by atoms with van der Waals surface area (Å²) in [6.45, 7) is 0.175. The minimum Gasteiger partial charge on any atom is -0.486 e. The van der Waals surface area contributed by atoms with E-state index in [1.807, 2.05) is 12.1 Å². The fraction of sp³-hybridized carbons (Fsp3) is 0.316. The Morgan fingerprint density at radius 1 is 1.07 bits per heavy atom. The first-order chi connectivity index (χ1) is 13.9. The van der Waals surface area contributed by atoms with Gasteiger partial charge in [0.1, 0.15) is 19.3 Å². The summed E-state index contributed by atoms with van der Waals surface area (Å²) in [5, 5.41) is 2.70. The molecular formula is C19H20N2O7S. The van der Waals surface area contributed by atoms with Crippen LogP contribution in [-0.2, 0) is 14.8 Å². The van der Waals surface area contributed by atoms with Gasteiger partial charge in [-0.15, -0.1) is 0 Å². The van der Waals surface area contributed by atoms with Crippen LogP contribution in [0.25, 0.3) is 0 Å². The van der Waals surface area contributed by atoms with Gasteiger partial charge >= 0.3 is 0 Å². The van der Waals surface area contributed by atoms with Crippen LogP contribution >= 0.6 is 0 Å². The Morgan fingerprint density at radius 3 is 2.59 bits per heavy atom. The lowest BCUT2D eigenvalue weighted by Gasteiger charge is -2.27. The number of nitrogens with zero attached hydrogens (tertiary/aromatic N) is 1. The zero-order chi connectivity index (χ0) is 20.4. The number of carbonyl (C=O) groups is 1. The van der Waals surface area contributed by atoms with E-state index in [0.717, 1.165) is 10.6 Å². The number of benzene rings is 2. The highest BCUT2D eigenvalue weighted by Gasteiger charge is 2.25. The van der Waals surface area contributed by atoms with Crippen LogP contribution in [-0.4, -0.2) is 53.2 Å². The second-order valence-corrected chi connectivity index (χ2v) is 8.52. The maximum absolute atomic E-state index is 12.4. The summed E-state index contributed by atoms with van der Waals surface area (Å²) in [6, 6.07) is 12.0. The van der Waals surface area contributed by atoms with E-state index in [2.05, 4.69) is 5.32 Å². The molecule has 0 bridgehead atoms. The summed E-state index contributed by atoms with van der Waals surface area (Å²) in [6.07, 6.45) is 0.672. The third-order valence-corrected chi connectivity index (χ3v) is 5.57. The third-order valence-electron chi connectivity index (χ3n) is 4.43. The van der Waals surface area contributed by atoms with E-state index in [-0.39, 0.29) is 32.6 Å². The molecule has 1 amide bonds. The van der Waals surface area contributed by atoms with Crippen LogP contribution < -0.4 is 28.6 Å². The van der Waals surface area contributed by atoms with E-state index >= 15 is 0 Å². The molecule has 0 saturated heterocycles. The van der Waals surface area contributed by atoms with Crippen LogP contribution in [0.4, 0.5) is 5.69 Å². The molecule has 2 aliphatic rings. The van der Waals surface area contributed by atoms with E-state index in [1.165, 1.54) is 6.07 Å². The summed E-state index contributed by atoms with van der Waals surface area (Å²) in [5.41, 5.74) is 0.318. The van der Waals surface area contributed by atoms with Crippen LogP contribution in [0, 0.1) is 0 Å². The van der Waals surface area contributed by atoms with E-state index in [1.54, 1.807) is 24.3 Å².